The lowest BCUT2D eigenvalue weighted by Gasteiger charge is -2.40. The monoisotopic (exact) mass is 505 g/mol. The van der Waals surface area contributed by atoms with Gasteiger partial charge in [-0.05, 0) is 60.9 Å². The molecule has 0 bridgehead atoms. The SMILES string of the molecule is COC(=O)c1cc2nc(Nc3ccc(OC(F)(F)F)cc3)n(C3CC(C)CC(C)(C)C3)c2cc1OC. The van der Waals surface area contributed by atoms with E-state index in [0.717, 1.165) is 24.8 Å². The highest BCUT2D eigenvalue weighted by Crippen LogP contribution is 2.46. The van der Waals surface area contributed by atoms with Crippen molar-refractivity contribution in [2.24, 2.45) is 11.3 Å². The molecule has 0 aliphatic heterocycles. The van der Waals surface area contributed by atoms with Gasteiger partial charge in [-0.3, -0.25) is 0 Å². The molecule has 2 atom stereocenters. The molecule has 1 saturated carbocycles. The van der Waals surface area contributed by atoms with Crippen LogP contribution in [-0.4, -0.2) is 36.1 Å². The van der Waals surface area contributed by atoms with Gasteiger partial charge in [0.2, 0.25) is 5.95 Å². The Bertz CT molecular complexity index is 1250. The molecular formula is C26H30F3N3O4. The minimum Gasteiger partial charge on any atom is -0.496 e. The number of halogens is 3. The van der Waals surface area contributed by atoms with Gasteiger partial charge >= 0.3 is 12.3 Å². The molecular weight excluding hydrogens is 475 g/mol. The van der Waals surface area contributed by atoms with Gasteiger partial charge in [0.15, 0.2) is 0 Å². The topological polar surface area (TPSA) is 74.6 Å². The second-order valence-electron chi connectivity index (χ2n) is 10.1. The Morgan fingerprint density at radius 1 is 1.14 bits per heavy atom. The summed E-state index contributed by atoms with van der Waals surface area (Å²) in [6.07, 6.45) is -1.81. The fourth-order valence-electron chi connectivity index (χ4n) is 5.38. The molecule has 36 heavy (non-hydrogen) atoms. The molecule has 4 rings (SSSR count). The molecule has 1 fully saturated rings. The minimum absolute atomic E-state index is 0.109. The number of nitrogens with zero attached hydrogens (tertiary/aromatic N) is 2. The third-order valence-electron chi connectivity index (χ3n) is 6.49. The second kappa shape index (κ2) is 9.55. The van der Waals surface area contributed by atoms with Crippen molar-refractivity contribution in [3.8, 4) is 11.5 Å². The van der Waals surface area contributed by atoms with E-state index < -0.39 is 12.3 Å². The summed E-state index contributed by atoms with van der Waals surface area (Å²) < 4.78 is 54.1. The highest BCUT2D eigenvalue weighted by Gasteiger charge is 2.35. The van der Waals surface area contributed by atoms with E-state index >= 15 is 0 Å². The van der Waals surface area contributed by atoms with Gasteiger partial charge in [-0.25, -0.2) is 9.78 Å². The second-order valence-corrected chi connectivity index (χ2v) is 10.1. The van der Waals surface area contributed by atoms with Gasteiger partial charge in [0.1, 0.15) is 17.1 Å². The zero-order valence-corrected chi connectivity index (χ0v) is 20.9. The minimum atomic E-state index is -4.76. The van der Waals surface area contributed by atoms with Gasteiger partial charge in [0.05, 0.1) is 25.3 Å². The van der Waals surface area contributed by atoms with Crippen molar-refractivity contribution in [2.45, 2.75) is 52.4 Å². The lowest BCUT2D eigenvalue weighted by atomic mass is 9.70. The number of hydrogen-bond acceptors (Lipinski definition) is 6. The Morgan fingerprint density at radius 3 is 2.42 bits per heavy atom. The van der Waals surface area contributed by atoms with Crippen LogP contribution in [0.4, 0.5) is 24.8 Å². The van der Waals surface area contributed by atoms with Crippen molar-refractivity contribution in [3.63, 3.8) is 0 Å². The number of nitrogens with one attached hydrogen (secondary N) is 1. The molecule has 1 aliphatic carbocycles. The lowest BCUT2D eigenvalue weighted by molar-refractivity contribution is -0.274. The van der Waals surface area contributed by atoms with Gasteiger partial charge in [0, 0.05) is 17.8 Å². The molecule has 1 aromatic heterocycles. The number of fused-ring (bicyclic) bond motifs is 1. The molecule has 7 nitrogen and oxygen atoms in total. The zero-order chi connectivity index (χ0) is 26.3. The van der Waals surface area contributed by atoms with E-state index in [1.165, 1.54) is 38.5 Å². The molecule has 0 amide bonds. The van der Waals surface area contributed by atoms with Crippen LogP contribution in [-0.2, 0) is 4.74 Å². The normalized spacial score (nSPS) is 19.7. The highest BCUT2D eigenvalue weighted by molar-refractivity contribution is 5.97. The standard InChI is InChI=1S/C26H30F3N3O4/c1-15-10-17(14-25(2,3)13-15)32-21-12-22(34-4)19(23(33)35-5)11-20(21)31-24(32)30-16-6-8-18(9-7-16)36-26(27,28)29/h6-9,11-12,15,17H,10,13-14H2,1-5H3,(H,30,31). The third kappa shape index (κ3) is 5.52. The number of alkyl halides is 3. The molecule has 194 valence electrons. The van der Waals surface area contributed by atoms with Gasteiger partial charge in [0.25, 0.3) is 0 Å². The van der Waals surface area contributed by atoms with E-state index in [-0.39, 0.29) is 22.8 Å². The molecule has 2 aromatic carbocycles. The number of carbonyl (C=O) groups excluding carboxylic acids is 1. The Hall–Kier alpha value is -3.43. The maximum Gasteiger partial charge on any atom is 0.573 e. The zero-order valence-electron chi connectivity index (χ0n) is 20.9. The van der Waals surface area contributed by atoms with E-state index in [0.29, 0.717) is 28.8 Å². The quantitative estimate of drug-likeness (QED) is 0.369. The number of carbonyl (C=O) groups is 1. The van der Waals surface area contributed by atoms with Crippen LogP contribution in [0.1, 0.15) is 56.4 Å². The summed E-state index contributed by atoms with van der Waals surface area (Å²) in [5, 5.41) is 3.25. The van der Waals surface area contributed by atoms with Crippen molar-refractivity contribution >= 4 is 28.6 Å². The maximum absolute atomic E-state index is 12.5. The summed E-state index contributed by atoms with van der Waals surface area (Å²) in [6.45, 7) is 6.73. The molecule has 3 aromatic rings. The highest BCUT2D eigenvalue weighted by atomic mass is 19.4. The third-order valence-corrected chi connectivity index (χ3v) is 6.49. The number of imidazole rings is 1. The van der Waals surface area contributed by atoms with Gasteiger partial charge in [-0.1, -0.05) is 20.8 Å². The predicted molar refractivity (Wildman–Crippen MR) is 130 cm³/mol. The van der Waals surface area contributed by atoms with Crippen LogP contribution >= 0.6 is 0 Å². The van der Waals surface area contributed by atoms with Crippen LogP contribution in [0.5, 0.6) is 11.5 Å². The van der Waals surface area contributed by atoms with E-state index in [1.807, 2.05) is 0 Å². The van der Waals surface area contributed by atoms with E-state index in [1.54, 1.807) is 12.1 Å². The van der Waals surface area contributed by atoms with Crippen LogP contribution in [0.2, 0.25) is 0 Å². The first-order chi connectivity index (χ1) is 16.9. The molecule has 1 heterocycles. The summed E-state index contributed by atoms with van der Waals surface area (Å²) in [5.74, 6) is 0.536. The number of hydrogen-bond donors (Lipinski definition) is 1. The molecule has 2 unspecified atom stereocenters. The number of ether oxygens (including phenoxy) is 3. The van der Waals surface area contributed by atoms with Crippen molar-refractivity contribution in [1.29, 1.82) is 0 Å². The van der Waals surface area contributed by atoms with Crippen LogP contribution in [0.3, 0.4) is 0 Å². The van der Waals surface area contributed by atoms with Crippen molar-refractivity contribution in [1.82, 2.24) is 9.55 Å². The Balaban J connectivity index is 1.80. The number of benzene rings is 2. The largest absolute Gasteiger partial charge is 0.573 e. The first-order valence-electron chi connectivity index (χ1n) is 11.7. The first kappa shape index (κ1) is 25.7. The number of methoxy groups -OCH3 is 2. The Labute approximate surface area is 207 Å². The maximum atomic E-state index is 12.5. The molecule has 10 heteroatoms. The van der Waals surface area contributed by atoms with Gasteiger partial charge in [-0.2, -0.15) is 0 Å². The van der Waals surface area contributed by atoms with Crippen molar-refractivity contribution < 1.29 is 32.2 Å². The predicted octanol–water partition coefficient (Wildman–Crippen LogP) is 6.86. The molecule has 0 spiro atoms. The van der Waals surface area contributed by atoms with E-state index in [9.17, 15) is 18.0 Å². The van der Waals surface area contributed by atoms with E-state index in [4.69, 9.17) is 14.5 Å². The average Bonchev–Trinajstić information content (AvgIpc) is 3.13. The molecule has 0 radical (unpaired) electrons. The van der Waals surface area contributed by atoms with Gasteiger partial charge in [-0.15, -0.1) is 13.2 Å². The van der Waals surface area contributed by atoms with Crippen LogP contribution in [0.15, 0.2) is 36.4 Å². The molecule has 1 aliphatic rings. The molecule has 1 N–H and O–H groups in total. The van der Waals surface area contributed by atoms with Crippen LogP contribution in [0, 0.1) is 11.3 Å². The van der Waals surface area contributed by atoms with Gasteiger partial charge < -0.3 is 24.1 Å². The number of aromatic nitrogens is 2. The number of rotatable bonds is 6. The molecule has 0 saturated heterocycles. The van der Waals surface area contributed by atoms with Crippen molar-refractivity contribution in [2.75, 3.05) is 19.5 Å². The summed E-state index contributed by atoms with van der Waals surface area (Å²) in [5.41, 5.74) is 2.28. The summed E-state index contributed by atoms with van der Waals surface area (Å²) in [7, 11) is 2.79. The van der Waals surface area contributed by atoms with Crippen molar-refractivity contribution in [3.05, 3.63) is 42.0 Å². The smallest absolute Gasteiger partial charge is 0.496 e. The van der Waals surface area contributed by atoms with Crippen LogP contribution < -0.4 is 14.8 Å². The van der Waals surface area contributed by atoms with E-state index in [2.05, 4.69) is 35.4 Å². The first-order valence-corrected chi connectivity index (χ1v) is 11.7. The fraction of sp³-hybridized carbons (Fsp3) is 0.462. The Kier molecular flexibility index (Phi) is 6.81. The number of esters is 1. The average molecular weight is 506 g/mol. The summed E-state index contributed by atoms with van der Waals surface area (Å²) in [6, 6.07) is 9.01. The number of anilines is 2. The van der Waals surface area contributed by atoms with Crippen LogP contribution in [0.25, 0.3) is 11.0 Å². The fourth-order valence-corrected chi connectivity index (χ4v) is 5.38. The Morgan fingerprint density at radius 2 is 1.83 bits per heavy atom. The summed E-state index contributed by atoms with van der Waals surface area (Å²) in [4.78, 5) is 17.1. The summed E-state index contributed by atoms with van der Waals surface area (Å²) >= 11 is 0. The lowest BCUT2D eigenvalue weighted by Crippen LogP contribution is -2.29.